The molecule has 1 aliphatic rings. The highest BCUT2D eigenvalue weighted by atomic mass is 19.4. The molecule has 0 aliphatic carbocycles. The Morgan fingerprint density at radius 3 is 2.38 bits per heavy atom. The smallest absolute Gasteiger partial charge is 0.417 e. The number of nitrogens with one attached hydrogen (secondary N) is 1. The molecule has 1 amide bonds. The number of amides is 1. The number of halogens is 3. The lowest BCUT2D eigenvalue weighted by Gasteiger charge is -2.35. The SMILES string of the molecule is CCC(C)C(NC(=O)CN1CCN(c2ccc(C(F)(F)F)cn2)CC1)C(=O)OC. The van der Waals surface area contributed by atoms with Crippen molar-refractivity contribution in [3.63, 3.8) is 0 Å². The van der Waals surface area contributed by atoms with Gasteiger partial charge in [0.05, 0.1) is 19.2 Å². The molecule has 29 heavy (non-hydrogen) atoms. The molecule has 0 saturated carbocycles. The highest BCUT2D eigenvalue weighted by molar-refractivity contribution is 5.85. The van der Waals surface area contributed by atoms with Crippen molar-refractivity contribution in [2.75, 3.05) is 44.7 Å². The van der Waals surface area contributed by atoms with Crippen LogP contribution in [0.25, 0.3) is 0 Å². The number of anilines is 1. The summed E-state index contributed by atoms with van der Waals surface area (Å²) < 4.78 is 42.7. The molecule has 1 aromatic heterocycles. The van der Waals surface area contributed by atoms with Crippen molar-refractivity contribution in [3.8, 4) is 0 Å². The quantitative estimate of drug-likeness (QED) is 0.685. The summed E-state index contributed by atoms with van der Waals surface area (Å²) in [4.78, 5) is 32.0. The van der Waals surface area contributed by atoms with Gasteiger partial charge in [-0.1, -0.05) is 20.3 Å². The molecular formula is C19H27F3N4O3. The summed E-state index contributed by atoms with van der Waals surface area (Å²) in [5.74, 6) is -0.300. The van der Waals surface area contributed by atoms with Crippen molar-refractivity contribution in [1.29, 1.82) is 0 Å². The van der Waals surface area contributed by atoms with Crippen LogP contribution in [0.1, 0.15) is 25.8 Å². The van der Waals surface area contributed by atoms with Crippen LogP contribution in [-0.2, 0) is 20.5 Å². The van der Waals surface area contributed by atoms with Crippen LogP contribution in [0.3, 0.4) is 0 Å². The molecule has 0 aromatic carbocycles. The van der Waals surface area contributed by atoms with Gasteiger partial charge in [-0.2, -0.15) is 13.2 Å². The third kappa shape index (κ3) is 6.31. The maximum absolute atomic E-state index is 12.6. The number of rotatable bonds is 7. The average Bonchev–Trinajstić information content (AvgIpc) is 2.71. The second-order valence-electron chi connectivity index (χ2n) is 7.12. The van der Waals surface area contributed by atoms with Crippen molar-refractivity contribution in [2.24, 2.45) is 5.92 Å². The number of carbonyl (C=O) groups is 2. The fraction of sp³-hybridized carbons (Fsp3) is 0.632. The van der Waals surface area contributed by atoms with Gasteiger partial charge in [0, 0.05) is 32.4 Å². The molecule has 1 aliphatic heterocycles. The molecular weight excluding hydrogens is 389 g/mol. The first-order chi connectivity index (χ1) is 13.7. The summed E-state index contributed by atoms with van der Waals surface area (Å²) in [5, 5.41) is 2.74. The lowest BCUT2D eigenvalue weighted by Crippen LogP contribution is -2.53. The van der Waals surface area contributed by atoms with E-state index in [1.807, 2.05) is 23.6 Å². The van der Waals surface area contributed by atoms with Gasteiger partial charge in [0.25, 0.3) is 0 Å². The average molecular weight is 416 g/mol. The number of esters is 1. The van der Waals surface area contributed by atoms with Gasteiger partial charge >= 0.3 is 12.1 Å². The number of hydrogen-bond donors (Lipinski definition) is 1. The normalized spacial score (nSPS) is 17.5. The number of methoxy groups -OCH3 is 1. The van der Waals surface area contributed by atoms with Gasteiger partial charge in [-0.05, 0) is 18.1 Å². The minimum Gasteiger partial charge on any atom is -0.467 e. The molecule has 2 heterocycles. The first-order valence-corrected chi connectivity index (χ1v) is 9.53. The van der Waals surface area contributed by atoms with Crippen LogP contribution < -0.4 is 10.2 Å². The summed E-state index contributed by atoms with van der Waals surface area (Å²) >= 11 is 0. The number of alkyl halides is 3. The van der Waals surface area contributed by atoms with Gasteiger partial charge < -0.3 is 15.0 Å². The molecule has 0 bridgehead atoms. The van der Waals surface area contributed by atoms with Crippen LogP contribution in [0.15, 0.2) is 18.3 Å². The van der Waals surface area contributed by atoms with Crippen LogP contribution in [0, 0.1) is 5.92 Å². The van der Waals surface area contributed by atoms with E-state index in [2.05, 4.69) is 10.3 Å². The fourth-order valence-electron chi connectivity index (χ4n) is 3.09. The fourth-order valence-corrected chi connectivity index (χ4v) is 3.09. The zero-order chi connectivity index (χ0) is 21.6. The first kappa shape index (κ1) is 22.9. The lowest BCUT2D eigenvalue weighted by molar-refractivity contribution is -0.146. The molecule has 0 radical (unpaired) electrons. The molecule has 10 heteroatoms. The molecule has 162 valence electrons. The number of pyridine rings is 1. The molecule has 7 nitrogen and oxygen atoms in total. The largest absolute Gasteiger partial charge is 0.467 e. The molecule has 1 aromatic rings. The van der Waals surface area contributed by atoms with Gasteiger partial charge in [-0.15, -0.1) is 0 Å². The first-order valence-electron chi connectivity index (χ1n) is 9.53. The Morgan fingerprint density at radius 2 is 1.90 bits per heavy atom. The van der Waals surface area contributed by atoms with Gasteiger partial charge in [-0.3, -0.25) is 9.69 Å². The molecule has 2 atom stereocenters. The summed E-state index contributed by atoms with van der Waals surface area (Å²) in [6, 6.07) is 1.69. The Hall–Kier alpha value is -2.36. The molecule has 2 unspecified atom stereocenters. The molecule has 2 rings (SSSR count). The number of carbonyl (C=O) groups excluding carboxylic acids is 2. The second-order valence-corrected chi connectivity index (χ2v) is 7.12. The Morgan fingerprint density at radius 1 is 1.24 bits per heavy atom. The number of hydrogen-bond acceptors (Lipinski definition) is 6. The Kier molecular flexibility index (Phi) is 7.83. The van der Waals surface area contributed by atoms with E-state index < -0.39 is 23.8 Å². The Bertz CT molecular complexity index is 689. The van der Waals surface area contributed by atoms with E-state index in [0.717, 1.165) is 18.7 Å². The lowest BCUT2D eigenvalue weighted by atomic mass is 9.99. The van der Waals surface area contributed by atoms with E-state index in [-0.39, 0.29) is 18.4 Å². The highest BCUT2D eigenvalue weighted by Crippen LogP contribution is 2.29. The van der Waals surface area contributed by atoms with Crippen molar-refractivity contribution in [1.82, 2.24) is 15.2 Å². The minimum absolute atomic E-state index is 0.0472. The molecule has 0 spiro atoms. The monoisotopic (exact) mass is 416 g/mol. The van der Waals surface area contributed by atoms with E-state index in [9.17, 15) is 22.8 Å². The third-order valence-electron chi connectivity index (χ3n) is 5.12. The molecule has 1 fully saturated rings. The van der Waals surface area contributed by atoms with Crippen molar-refractivity contribution in [3.05, 3.63) is 23.9 Å². The molecule has 1 saturated heterocycles. The zero-order valence-electron chi connectivity index (χ0n) is 16.8. The van der Waals surface area contributed by atoms with Crippen molar-refractivity contribution >= 4 is 17.7 Å². The van der Waals surface area contributed by atoms with Crippen LogP contribution in [0.4, 0.5) is 19.0 Å². The van der Waals surface area contributed by atoms with E-state index in [1.165, 1.54) is 13.2 Å². The topological polar surface area (TPSA) is 74.8 Å². The highest BCUT2D eigenvalue weighted by Gasteiger charge is 2.31. The molecule has 1 N–H and O–H groups in total. The van der Waals surface area contributed by atoms with Gasteiger partial charge in [0.1, 0.15) is 11.9 Å². The predicted octanol–water partition coefficient (Wildman–Crippen LogP) is 1.93. The van der Waals surface area contributed by atoms with Crippen LogP contribution in [-0.4, -0.2) is 67.6 Å². The Labute approximate surface area is 168 Å². The minimum atomic E-state index is -4.41. The summed E-state index contributed by atoms with van der Waals surface area (Å²) in [6.07, 6.45) is -2.86. The van der Waals surface area contributed by atoms with Crippen LogP contribution in [0.2, 0.25) is 0 Å². The zero-order valence-corrected chi connectivity index (χ0v) is 16.8. The summed E-state index contributed by atoms with van der Waals surface area (Å²) in [5.41, 5.74) is -0.780. The standard InChI is InChI=1S/C19H27F3N4O3/c1-4-13(2)17(18(28)29-3)24-16(27)12-25-7-9-26(10-8-25)15-6-5-14(11-23-15)19(20,21)22/h5-6,11,13,17H,4,7-10,12H2,1-3H3,(H,24,27). The van der Waals surface area contributed by atoms with Crippen molar-refractivity contribution < 1.29 is 27.5 Å². The van der Waals surface area contributed by atoms with E-state index in [4.69, 9.17) is 4.74 Å². The van der Waals surface area contributed by atoms with E-state index in [1.54, 1.807) is 0 Å². The van der Waals surface area contributed by atoms with Gasteiger partial charge in [-0.25, -0.2) is 9.78 Å². The maximum atomic E-state index is 12.6. The number of aromatic nitrogens is 1. The Balaban J connectivity index is 1.86. The van der Waals surface area contributed by atoms with E-state index in [0.29, 0.717) is 32.0 Å². The number of piperazine rings is 1. The predicted molar refractivity (Wildman–Crippen MR) is 101 cm³/mol. The van der Waals surface area contributed by atoms with E-state index >= 15 is 0 Å². The third-order valence-corrected chi connectivity index (χ3v) is 5.12. The summed E-state index contributed by atoms with van der Waals surface area (Å²) in [6.45, 7) is 6.14. The second kappa shape index (κ2) is 9.91. The summed E-state index contributed by atoms with van der Waals surface area (Å²) in [7, 11) is 1.29. The maximum Gasteiger partial charge on any atom is 0.417 e. The number of nitrogens with zero attached hydrogens (tertiary/aromatic N) is 3. The van der Waals surface area contributed by atoms with Crippen LogP contribution in [0.5, 0.6) is 0 Å². The van der Waals surface area contributed by atoms with Crippen molar-refractivity contribution in [2.45, 2.75) is 32.5 Å². The van der Waals surface area contributed by atoms with Gasteiger partial charge in [0.15, 0.2) is 0 Å². The van der Waals surface area contributed by atoms with Gasteiger partial charge in [0.2, 0.25) is 5.91 Å². The van der Waals surface area contributed by atoms with Crippen LogP contribution >= 0.6 is 0 Å². The number of ether oxygens (including phenoxy) is 1.